The molecule has 0 aromatic heterocycles. The molecule has 3 N–H and O–H groups in total. The first-order chi connectivity index (χ1) is 11.7. The van der Waals surface area contributed by atoms with Crippen molar-refractivity contribution in [2.45, 2.75) is 45.4 Å². The molecule has 0 spiro atoms. The van der Waals surface area contributed by atoms with Crippen LogP contribution >= 0.6 is 0 Å². The fourth-order valence-corrected chi connectivity index (χ4v) is 2.98. The van der Waals surface area contributed by atoms with Crippen LogP contribution in [0, 0.1) is 5.92 Å². The van der Waals surface area contributed by atoms with Gasteiger partial charge in [0.05, 0.1) is 5.92 Å². The molecule has 0 aliphatic carbocycles. The minimum atomic E-state index is -0.254. The van der Waals surface area contributed by atoms with Gasteiger partial charge in [-0.2, -0.15) is 0 Å². The van der Waals surface area contributed by atoms with Gasteiger partial charge in [0, 0.05) is 25.2 Å². The van der Waals surface area contributed by atoms with Gasteiger partial charge in [-0.25, -0.2) is 0 Å². The summed E-state index contributed by atoms with van der Waals surface area (Å²) in [5.74, 6) is -0.254. The van der Waals surface area contributed by atoms with Crippen LogP contribution in [-0.2, 0) is 16.0 Å². The van der Waals surface area contributed by atoms with Crippen LogP contribution in [0.15, 0.2) is 24.3 Å². The Morgan fingerprint density at radius 2 is 2.00 bits per heavy atom. The molecular weight excluding hydrogens is 302 g/mol. The van der Waals surface area contributed by atoms with E-state index in [1.165, 1.54) is 18.4 Å². The van der Waals surface area contributed by atoms with E-state index in [9.17, 15) is 9.59 Å². The van der Waals surface area contributed by atoms with Crippen LogP contribution in [0.5, 0.6) is 0 Å². The molecule has 1 aliphatic rings. The Morgan fingerprint density at radius 3 is 2.67 bits per heavy atom. The molecule has 0 bridgehead atoms. The average molecular weight is 331 g/mol. The van der Waals surface area contributed by atoms with E-state index in [-0.39, 0.29) is 17.7 Å². The summed E-state index contributed by atoms with van der Waals surface area (Å²) in [7, 11) is 0. The monoisotopic (exact) mass is 331 g/mol. The topological polar surface area (TPSA) is 75.4 Å². The minimum Gasteiger partial charge on any atom is -0.356 e. The van der Waals surface area contributed by atoms with Gasteiger partial charge in [-0.15, -0.1) is 0 Å². The number of rotatable bonds is 9. The molecule has 24 heavy (non-hydrogen) atoms. The van der Waals surface area contributed by atoms with Crippen molar-refractivity contribution in [3.63, 3.8) is 0 Å². The maximum absolute atomic E-state index is 12.3. The van der Waals surface area contributed by atoms with E-state index in [1.807, 2.05) is 12.1 Å². The van der Waals surface area contributed by atoms with Gasteiger partial charge in [-0.05, 0) is 49.9 Å². The van der Waals surface area contributed by atoms with Crippen molar-refractivity contribution >= 4 is 17.5 Å². The summed E-state index contributed by atoms with van der Waals surface area (Å²) in [4.78, 5) is 26.2. The Morgan fingerprint density at radius 1 is 1.25 bits per heavy atom. The number of carbonyl (C=O) groups excluding carboxylic acids is 2. The highest BCUT2D eigenvalue weighted by molar-refractivity contribution is 6.00. The fraction of sp³-hybridized carbons (Fsp3) is 0.579. The second-order valence-electron chi connectivity index (χ2n) is 6.46. The number of hydrogen-bond donors (Lipinski definition) is 2. The zero-order chi connectivity index (χ0) is 17.4. The van der Waals surface area contributed by atoms with Gasteiger partial charge in [0.2, 0.25) is 11.8 Å². The number of amides is 2. The SMILES string of the molecule is CCCCc1ccc(N2CC(C(=O)NCCCCN)CC2=O)cc1. The smallest absolute Gasteiger partial charge is 0.227 e. The van der Waals surface area contributed by atoms with Crippen LogP contribution < -0.4 is 16.0 Å². The first kappa shape index (κ1) is 18.5. The van der Waals surface area contributed by atoms with Gasteiger partial charge in [-0.1, -0.05) is 25.5 Å². The normalized spacial score (nSPS) is 17.3. The molecular formula is C19H29N3O2. The zero-order valence-corrected chi connectivity index (χ0v) is 14.6. The van der Waals surface area contributed by atoms with E-state index in [0.29, 0.717) is 26.1 Å². The Balaban J connectivity index is 1.88. The van der Waals surface area contributed by atoms with Crippen molar-refractivity contribution in [2.75, 3.05) is 24.5 Å². The van der Waals surface area contributed by atoms with Gasteiger partial charge >= 0.3 is 0 Å². The quantitative estimate of drug-likeness (QED) is 0.681. The predicted octanol–water partition coefficient (Wildman–Crippen LogP) is 2.24. The highest BCUT2D eigenvalue weighted by Crippen LogP contribution is 2.25. The average Bonchev–Trinajstić information content (AvgIpc) is 2.99. The van der Waals surface area contributed by atoms with E-state index in [4.69, 9.17) is 5.73 Å². The van der Waals surface area contributed by atoms with Crippen molar-refractivity contribution < 1.29 is 9.59 Å². The van der Waals surface area contributed by atoms with E-state index < -0.39 is 0 Å². The second kappa shape index (κ2) is 9.42. The summed E-state index contributed by atoms with van der Waals surface area (Å²) >= 11 is 0. The maximum atomic E-state index is 12.3. The third kappa shape index (κ3) is 5.06. The number of hydrogen-bond acceptors (Lipinski definition) is 3. The summed E-state index contributed by atoms with van der Waals surface area (Å²) in [6, 6.07) is 8.14. The first-order valence-corrected chi connectivity index (χ1v) is 9.02. The van der Waals surface area contributed by atoms with E-state index >= 15 is 0 Å². The number of anilines is 1. The van der Waals surface area contributed by atoms with Crippen LogP contribution in [0.2, 0.25) is 0 Å². The number of nitrogens with zero attached hydrogens (tertiary/aromatic N) is 1. The fourth-order valence-electron chi connectivity index (χ4n) is 2.98. The molecule has 1 fully saturated rings. The largest absolute Gasteiger partial charge is 0.356 e. The van der Waals surface area contributed by atoms with Crippen molar-refractivity contribution in [1.29, 1.82) is 0 Å². The van der Waals surface area contributed by atoms with Gasteiger partial charge in [0.15, 0.2) is 0 Å². The van der Waals surface area contributed by atoms with Gasteiger partial charge in [-0.3, -0.25) is 9.59 Å². The number of nitrogens with two attached hydrogens (primary N) is 1. The Kier molecular flexibility index (Phi) is 7.25. The number of aryl methyl sites for hydroxylation is 1. The lowest BCUT2D eigenvalue weighted by molar-refractivity contribution is -0.126. The number of carbonyl (C=O) groups is 2. The van der Waals surface area contributed by atoms with E-state index in [1.54, 1.807) is 4.90 Å². The van der Waals surface area contributed by atoms with Crippen molar-refractivity contribution in [1.82, 2.24) is 5.32 Å². The number of benzene rings is 1. The molecule has 2 rings (SSSR count). The number of unbranched alkanes of at least 4 members (excludes halogenated alkanes) is 2. The molecule has 1 saturated heterocycles. The summed E-state index contributed by atoms with van der Waals surface area (Å²) in [6.45, 7) is 3.92. The van der Waals surface area contributed by atoms with E-state index in [2.05, 4.69) is 24.4 Å². The molecule has 5 nitrogen and oxygen atoms in total. The Hall–Kier alpha value is -1.88. The lowest BCUT2D eigenvalue weighted by Gasteiger charge is -2.17. The predicted molar refractivity (Wildman–Crippen MR) is 96.8 cm³/mol. The molecule has 1 aromatic carbocycles. The minimum absolute atomic E-state index is 0.0255. The Bertz CT molecular complexity index is 542. The van der Waals surface area contributed by atoms with Crippen LogP contribution in [-0.4, -0.2) is 31.4 Å². The summed E-state index contributed by atoms with van der Waals surface area (Å²) in [6.07, 6.45) is 5.49. The van der Waals surface area contributed by atoms with E-state index in [0.717, 1.165) is 24.9 Å². The van der Waals surface area contributed by atoms with Crippen molar-refractivity contribution in [3.05, 3.63) is 29.8 Å². The van der Waals surface area contributed by atoms with Crippen LogP contribution in [0.4, 0.5) is 5.69 Å². The van der Waals surface area contributed by atoms with Gasteiger partial charge < -0.3 is 16.0 Å². The molecule has 5 heteroatoms. The third-order valence-electron chi connectivity index (χ3n) is 4.49. The molecule has 0 radical (unpaired) electrons. The van der Waals surface area contributed by atoms with Crippen LogP contribution in [0.25, 0.3) is 0 Å². The molecule has 1 aliphatic heterocycles. The van der Waals surface area contributed by atoms with Crippen LogP contribution in [0.3, 0.4) is 0 Å². The highest BCUT2D eigenvalue weighted by atomic mass is 16.2. The summed E-state index contributed by atoms with van der Waals surface area (Å²) in [5.41, 5.74) is 7.62. The lowest BCUT2D eigenvalue weighted by atomic mass is 10.1. The van der Waals surface area contributed by atoms with Gasteiger partial charge in [0.1, 0.15) is 0 Å². The first-order valence-electron chi connectivity index (χ1n) is 9.02. The lowest BCUT2D eigenvalue weighted by Crippen LogP contribution is -2.33. The summed E-state index contributed by atoms with van der Waals surface area (Å²) < 4.78 is 0. The molecule has 1 unspecified atom stereocenters. The van der Waals surface area contributed by atoms with Gasteiger partial charge in [0.25, 0.3) is 0 Å². The molecule has 1 heterocycles. The van der Waals surface area contributed by atoms with Crippen molar-refractivity contribution in [2.24, 2.45) is 11.7 Å². The van der Waals surface area contributed by atoms with Crippen LogP contribution in [0.1, 0.15) is 44.6 Å². The second-order valence-corrected chi connectivity index (χ2v) is 6.46. The standard InChI is InChI=1S/C19H29N3O2/c1-2-3-6-15-7-9-17(10-8-15)22-14-16(13-18(22)23)19(24)21-12-5-4-11-20/h7-10,16H,2-6,11-14,20H2,1H3,(H,21,24). The molecule has 1 atom stereocenters. The molecule has 1 aromatic rings. The van der Waals surface area contributed by atoms with Crippen molar-refractivity contribution in [3.8, 4) is 0 Å². The molecule has 2 amide bonds. The summed E-state index contributed by atoms with van der Waals surface area (Å²) in [5, 5.41) is 2.91. The zero-order valence-electron chi connectivity index (χ0n) is 14.6. The third-order valence-corrected chi connectivity index (χ3v) is 4.49. The Labute approximate surface area is 144 Å². The number of nitrogens with one attached hydrogen (secondary N) is 1. The highest BCUT2D eigenvalue weighted by Gasteiger charge is 2.34. The molecule has 132 valence electrons. The molecule has 0 saturated carbocycles. The maximum Gasteiger partial charge on any atom is 0.227 e.